The zero-order valence-corrected chi connectivity index (χ0v) is 23.0. The van der Waals surface area contributed by atoms with Gasteiger partial charge >= 0.3 is 0 Å². The van der Waals surface area contributed by atoms with Crippen LogP contribution in [0.5, 0.6) is 0 Å². The summed E-state index contributed by atoms with van der Waals surface area (Å²) in [7, 11) is -3.47. The molecule has 3 fully saturated rings. The van der Waals surface area contributed by atoms with Gasteiger partial charge in [-0.15, -0.1) is 13.2 Å². The van der Waals surface area contributed by atoms with Gasteiger partial charge in [0.2, 0.25) is 16.6 Å². The highest BCUT2D eigenvalue weighted by atomic mass is 28.4. The Balaban J connectivity index is 1.52. The summed E-state index contributed by atoms with van der Waals surface area (Å²) in [5.74, 6) is 2.51. The summed E-state index contributed by atoms with van der Waals surface area (Å²) in [4.78, 5) is 0. The Hall–Kier alpha value is -0.426. The Labute approximate surface area is 193 Å². The lowest BCUT2D eigenvalue weighted by Crippen LogP contribution is -2.52. The van der Waals surface area contributed by atoms with Crippen LogP contribution in [-0.4, -0.2) is 28.8 Å². The van der Waals surface area contributed by atoms with Gasteiger partial charge < -0.3 is 8.85 Å². The van der Waals surface area contributed by atoms with Crippen molar-refractivity contribution in [3.63, 3.8) is 0 Å². The molecule has 31 heavy (non-hydrogen) atoms. The first kappa shape index (κ1) is 23.7. The minimum atomic E-state index is -1.75. The molecule has 174 valence electrons. The van der Waals surface area contributed by atoms with Crippen LogP contribution in [0.25, 0.3) is 0 Å². The molecule has 4 aliphatic rings. The molecule has 0 spiro atoms. The van der Waals surface area contributed by atoms with Gasteiger partial charge in [-0.3, -0.25) is 0 Å². The molecule has 4 aliphatic carbocycles. The summed E-state index contributed by atoms with van der Waals surface area (Å²) in [5.41, 5.74) is 6.66. The summed E-state index contributed by atoms with van der Waals surface area (Å²) in [6, 6.07) is 0. The molecule has 0 amide bonds. The van der Waals surface area contributed by atoms with Crippen molar-refractivity contribution in [3.05, 3.63) is 36.2 Å². The third-order valence-corrected chi connectivity index (χ3v) is 13.7. The van der Waals surface area contributed by atoms with Crippen LogP contribution in [0.1, 0.15) is 65.2 Å². The van der Waals surface area contributed by atoms with Crippen LogP contribution in [0.3, 0.4) is 0 Å². The molecule has 0 saturated heterocycles. The lowest BCUT2D eigenvalue weighted by Gasteiger charge is -2.58. The van der Waals surface area contributed by atoms with Crippen LogP contribution in [0.15, 0.2) is 36.2 Å². The zero-order valence-electron chi connectivity index (χ0n) is 21.0. The lowest BCUT2D eigenvalue weighted by molar-refractivity contribution is -0.0657. The molecule has 4 heteroatoms. The fraction of sp³-hybridized carbons (Fsp3) is 0.778. The van der Waals surface area contributed by atoms with E-state index in [-0.39, 0.29) is 0 Å². The largest absolute Gasteiger partial charge is 0.410 e. The molecule has 4 rings (SSSR count). The molecular weight excluding hydrogens is 412 g/mol. The summed E-state index contributed by atoms with van der Waals surface area (Å²) < 4.78 is 13.4. The van der Waals surface area contributed by atoms with Crippen LogP contribution in [0.4, 0.5) is 0 Å². The number of allylic oxidation sites excluding steroid dienone is 1. The molecule has 7 atom stereocenters. The third kappa shape index (κ3) is 4.15. The van der Waals surface area contributed by atoms with E-state index in [1.807, 2.05) is 0 Å². The molecule has 0 radical (unpaired) electrons. The second-order valence-corrected chi connectivity index (χ2v) is 20.3. The molecule has 3 saturated carbocycles. The number of hydrogen-bond donors (Lipinski definition) is 0. The first-order valence-corrected chi connectivity index (χ1v) is 18.7. The lowest BCUT2D eigenvalue weighted by atomic mass is 9.48. The van der Waals surface area contributed by atoms with E-state index in [9.17, 15) is 0 Å². The van der Waals surface area contributed by atoms with Gasteiger partial charge in [-0.2, -0.15) is 0 Å². The normalized spacial score (nSPS) is 42.8. The van der Waals surface area contributed by atoms with Crippen LogP contribution >= 0.6 is 0 Å². The van der Waals surface area contributed by atoms with Crippen molar-refractivity contribution in [2.24, 2.45) is 28.6 Å². The van der Waals surface area contributed by atoms with Crippen molar-refractivity contribution in [1.82, 2.24) is 0 Å². The Kier molecular flexibility index (Phi) is 6.20. The van der Waals surface area contributed by atoms with Gasteiger partial charge in [0.25, 0.3) is 0 Å². The second kappa shape index (κ2) is 8.11. The molecule has 0 aromatic carbocycles. The van der Waals surface area contributed by atoms with Crippen LogP contribution in [-0.2, 0) is 8.85 Å². The fourth-order valence-electron chi connectivity index (χ4n) is 7.77. The highest BCUT2D eigenvalue weighted by molar-refractivity contribution is 6.76. The Morgan fingerprint density at radius 2 is 1.58 bits per heavy atom. The fourth-order valence-corrected chi connectivity index (χ4v) is 10.1. The van der Waals surface area contributed by atoms with Gasteiger partial charge in [0, 0.05) is 6.10 Å². The van der Waals surface area contributed by atoms with Crippen LogP contribution in [0, 0.1) is 28.6 Å². The van der Waals surface area contributed by atoms with E-state index in [1.54, 1.807) is 5.57 Å². The van der Waals surface area contributed by atoms with Crippen molar-refractivity contribution in [1.29, 1.82) is 0 Å². The molecule has 0 N–H and O–H groups in total. The molecule has 0 bridgehead atoms. The van der Waals surface area contributed by atoms with E-state index < -0.39 is 16.6 Å². The van der Waals surface area contributed by atoms with E-state index in [0.29, 0.717) is 23.0 Å². The number of hydrogen-bond acceptors (Lipinski definition) is 2. The van der Waals surface area contributed by atoms with Crippen molar-refractivity contribution in [2.45, 2.75) is 104 Å². The monoisotopic (exact) mass is 458 g/mol. The maximum absolute atomic E-state index is 6.79. The number of fused-ring (bicyclic) bond motifs is 5. The SMILES string of the molecule is C=C[Si](C)(C)O[C@H]1CC[C@@]2(C)C(=CCC3C2CC[C@@]2(C)C3CC[C@@H]2O[Si](C)(C)C=C)C1. The maximum Gasteiger partial charge on any atom is 0.210 e. The Morgan fingerprint density at radius 1 is 0.903 bits per heavy atom. The molecular formula is C27H46O2Si2. The Morgan fingerprint density at radius 3 is 2.26 bits per heavy atom. The van der Waals surface area contributed by atoms with Gasteiger partial charge in [0.15, 0.2) is 0 Å². The minimum Gasteiger partial charge on any atom is -0.410 e. The van der Waals surface area contributed by atoms with Crippen molar-refractivity contribution in [2.75, 3.05) is 0 Å². The molecule has 0 aromatic rings. The average Bonchev–Trinajstić information content (AvgIpc) is 3.04. The number of rotatable bonds is 6. The molecule has 0 heterocycles. The molecule has 0 aromatic heterocycles. The molecule has 3 unspecified atom stereocenters. The highest BCUT2D eigenvalue weighted by Gasteiger charge is 2.59. The van der Waals surface area contributed by atoms with Gasteiger partial charge in [0.1, 0.15) is 0 Å². The van der Waals surface area contributed by atoms with Gasteiger partial charge in [0.05, 0.1) is 6.10 Å². The smallest absolute Gasteiger partial charge is 0.210 e. The predicted octanol–water partition coefficient (Wildman–Crippen LogP) is 7.58. The van der Waals surface area contributed by atoms with Crippen LogP contribution in [0.2, 0.25) is 26.2 Å². The van der Waals surface area contributed by atoms with Crippen molar-refractivity contribution >= 4 is 16.6 Å². The highest BCUT2D eigenvalue weighted by Crippen LogP contribution is 2.65. The van der Waals surface area contributed by atoms with Crippen molar-refractivity contribution < 1.29 is 8.85 Å². The van der Waals surface area contributed by atoms with E-state index >= 15 is 0 Å². The van der Waals surface area contributed by atoms with Crippen molar-refractivity contribution in [3.8, 4) is 0 Å². The van der Waals surface area contributed by atoms with Gasteiger partial charge in [-0.1, -0.05) is 36.9 Å². The van der Waals surface area contributed by atoms with Gasteiger partial charge in [-0.25, -0.2) is 0 Å². The molecule has 2 nitrogen and oxygen atoms in total. The topological polar surface area (TPSA) is 18.5 Å². The maximum atomic E-state index is 6.79. The van der Waals surface area contributed by atoms with Gasteiger partial charge in [-0.05, 0) is 106 Å². The third-order valence-electron chi connectivity index (χ3n) is 9.87. The molecule has 0 aliphatic heterocycles. The quantitative estimate of drug-likeness (QED) is 0.301. The van der Waals surface area contributed by atoms with E-state index in [2.05, 4.69) is 70.7 Å². The second-order valence-electron chi connectivity index (χ2n) is 12.6. The van der Waals surface area contributed by atoms with E-state index in [4.69, 9.17) is 8.85 Å². The first-order chi connectivity index (χ1) is 14.4. The standard InChI is InChI=1S/C27H46O2Si2/c1-9-30(5,6)28-21-15-17-26(3)20(19-21)11-12-22-23-13-14-25(29-31(7,8)10-2)27(23,4)18-16-24(22)26/h9-11,21-25H,1-2,12-19H2,3-8H3/t21-,22?,23?,24?,25-,26-,27-/m0/s1. The minimum absolute atomic E-state index is 0.357. The predicted molar refractivity (Wildman–Crippen MR) is 137 cm³/mol. The zero-order chi connectivity index (χ0) is 22.7. The first-order valence-electron chi connectivity index (χ1n) is 12.8. The summed E-state index contributed by atoms with van der Waals surface area (Å²) in [6.07, 6.45) is 13.8. The van der Waals surface area contributed by atoms with E-state index in [0.717, 1.165) is 24.2 Å². The van der Waals surface area contributed by atoms with Crippen LogP contribution < -0.4 is 0 Å². The average molecular weight is 459 g/mol. The van der Waals surface area contributed by atoms with E-state index in [1.165, 1.54) is 44.9 Å². The summed E-state index contributed by atoms with van der Waals surface area (Å²) in [5, 5.41) is 0. The summed E-state index contributed by atoms with van der Waals surface area (Å²) in [6.45, 7) is 22.4. The Bertz CT molecular complexity index is 756. The summed E-state index contributed by atoms with van der Waals surface area (Å²) >= 11 is 0.